The zero-order valence-corrected chi connectivity index (χ0v) is 12.7. The van der Waals surface area contributed by atoms with Crippen LogP contribution in [0.15, 0.2) is 60.7 Å². The average molecular weight is 291 g/mol. The Labute approximate surface area is 131 Å². The summed E-state index contributed by atoms with van der Waals surface area (Å²) in [5.74, 6) is 0.790. The molecule has 2 unspecified atom stereocenters. The van der Waals surface area contributed by atoms with Crippen LogP contribution in [0.1, 0.15) is 36.3 Å². The molecular weight excluding hydrogens is 270 g/mol. The lowest BCUT2D eigenvalue weighted by molar-refractivity contribution is -0.142. The molecular formula is C20H21NO. The van der Waals surface area contributed by atoms with Crippen LogP contribution in [0.3, 0.4) is 0 Å². The van der Waals surface area contributed by atoms with Crippen LogP contribution in [0.25, 0.3) is 0 Å². The van der Waals surface area contributed by atoms with E-state index in [0.717, 1.165) is 32.4 Å². The van der Waals surface area contributed by atoms with E-state index in [4.69, 9.17) is 0 Å². The van der Waals surface area contributed by atoms with Gasteiger partial charge in [0.2, 0.25) is 5.91 Å². The molecule has 112 valence electrons. The molecule has 2 nitrogen and oxygen atoms in total. The summed E-state index contributed by atoms with van der Waals surface area (Å²) in [5, 5.41) is 0. The van der Waals surface area contributed by atoms with Gasteiger partial charge in [0.15, 0.2) is 0 Å². The maximum absolute atomic E-state index is 13.0. The number of hydrogen-bond donors (Lipinski definition) is 0. The van der Waals surface area contributed by atoms with E-state index in [-0.39, 0.29) is 5.41 Å². The van der Waals surface area contributed by atoms with Gasteiger partial charge in [-0.25, -0.2) is 0 Å². The normalized spacial score (nSPS) is 27.2. The van der Waals surface area contributed by atoms with Crippen LogP contribution in [0.5, 0.6) is 0 Å². The number of hydrogen-bond acceptors (Lipinski definition) is 1. The number of amides is 1. The van der Waals surface area contributed by atoms with Gasteiger partial charge in [0.05, 0.1) is 5.41 Å². The summed E-state index contributed by atoms with van der Waals surface area (Å²) in [6, 6.07) is 20.9. The number of rotatable bonds is 3. The number of likely N-dealkylation sites (tertiary alicyclic amines) is 1. The summed E-state index contributed by atoms with van der Waals surface area (Å²) >= 11 is 0. The summed E-state index contributed by atoms with van der Waals surface area (Å²) in [4.78, 5) is 15.1. The second kappa shape index (κ2) is 5.28. The van der Waals surface area contributed by atoms with Gasteiger partial charge in [-0.2, -0.15) is 0 Å². The number of carbonyl (C=O) groups excluding carboxylic acids is 1. The summed E-state index contributed by atoms with van der Waals surface area (Å²) in [5.41, 5.74) is 2.45. The van der Waals surface area contributed by atoms with E-state index in [2.05, 4.69) is 41.3 Å². The van der Waals surface area contributed by atoms with Crippen LogP contribution in [0.2, 0.25) is 0 Å². The summed E-state index contributed by atoms with van der Waals surface area (Å²) in [7, 11) is 0. The molecule has 2 heteroatoms. The molecule has 2 aliphatic rings. The molecule has 0 bridgehead atoms. The fourth-order valence-corrected chi connectivity index (χ4v) is 4.18. The van der Waals surface area contributed by atoms with Crippen molar-refractivity contribution in [1.29, 1.82) is 0 Å². The van der Waals surface area contributed by atoms with E-state index in [9.17, 15) is 4.79 Å². The first-order valence-corrected chi connectivity index (χ1v) is 8.18. The Balaban J connectivity index is 1.54. The van der Waals surface area contributed by atoms with Crippen molar-refractivity contribution in [3.8, 4) is 0 Å². The van der Waals surface area contributed by atoms with E-state index in [1.54, 1.807) is 0 Å². The van der Waals surface area contributed by atoms with Gasteiger partial charge in [0.25, 0.3) is 0 Å². The SMILES string of the molecule is O=C1N(Cc2ccccc2)CCC12CCC2c1ccccc1. The highest BCUT2D eigenvalue weighted by Crippen LogP contribution is 2.58. The average Bonchev–Trinajstić information content (AvgIpc) is 2.87. The van der Waals surface area contributed by atoms with Crippen molar-refractivity contribution in [1.82, 2.24) is 4.90 Å². The third-order valence-electron chi connectivity index (χ3n) is 5.51. The second-order valence-electron chi connectivity index (χ2n) is 6.62. The van der Waals surface area contributed by atoms with Gasteiger partial charge in [-0.1, -0.05) is 60.7 Å². The molecule has 22 heavy (non-hydrogen) atoms. The maximum atomic E-state index is 13.0. The molecule has 0 radical (unpaired) electrons. The molecule has 2 atom stereocenters. The Bertz CT molecular complexity index is 667. The van der Waals surface area contributed by atoms with E-state index >= 15 is 0 Å². The Morgan fingerprint density at radius 2 is 1.64 bits per heavy atom. The van der Waals surface area contributed by atoms with Crippen molar-refractivity contribution >= 4 is 5.91 Å². The van der Waals surface area contributed by atoms with Crippen molar-refractivity contribution in [2.24, 2.45) is 5.41 Å². The van der Waals surface area contributed by atoms with Gasteiger partial charge in [-0.15, -0.1) is 0 Å². The highest BCUT2D eigenvalue weighted by molar-refractivity contribution is 5.87. The first-order chi connectivity index (χ1) is 10.8. The van der Waals surface area contributed by atoms with Crippen molar-refractivity contribution < 1.29 is 4.79 Å². The van der Waals surface area contributed by atoms with Gasteiger partial charge >= 0.3 is 0 Å². The number of benzene rings is 2. The van der Waals surface area contributed by atoms with Gasteiger partial charge in [-0.3, -0.25) is 4.79 Å². The summed E-state index contributed by atoms with van der Waals surface area (Å²) in [6.45, 7) is 1.65. The third-order valence-corrected chi connectivity index (χ3v) is 5.51. The fraction of sp³-hybridized carbons (Fsp3) is 0.350. The van der Waals surface area contributed by atoms with E-state index in [0.29, 0.717) is 11.8 Å². The van der Waals surface area contributed by atoms with E-state index in [1.807, 2.05) is 24.3 Å². The van der Waals surface area contributed by atoms with Crippen LogP contribution in [-0.4, -0.2) is 17.4 Å². The molecule has 0 aromatic heterocycles. The lowest BCUT2D eigenvalue weighted by atomic mass is 9.57. The van der Waals surface area contributed by atoms with E-state index < -0.39 is 0 Å². The first-order valence-electron chi connectivity index (χ1n) is 8.18. The van der Waals surface area contributed by atoms with Crippen LogP contribution in [0, 0.1) is 5.41 Å². The Morgan fingerprint density at radius 1 is 0.955 bits per heavy atom. The highest BCUT2D eigenvalue weighted by Gasteiger charge is 2.57. The zero-order valence-electron chi connectivity index (χ0n) is 12.7. The zero-order chi connectivity index (χ0) is 15.0. The molecule has 1 aliphatic carbocycles. The van der Waals surface area contributed by atoms with Crippen molar-refractivity contribution in [2.75, 3.05) is 6.54 Å². The standard InChI is InChI=1S/C20H21NO/c22-19-20(12-11-18(20)17-9-5-2-6-10-17)13-14-21(19)15-16-7-3-1-4-8-16/h1-10,18H,11-15H2. The summed E-state index contributed by atoms with van der Waals surface area (Å²) in [6.07, 6.45) is 3.21. The molecule has 2 aromatic carbocycles. The van der Waals surface area contributed by atoms with Crippen LogP contribution in [-0.2, 0) is 11.3 Å². The molecule has 1 aliphatic heterocycles. The van der Waals surface area contributed by atoms with Crippen LogP contribution < -0.4 is 0 Å². The topological polar surface area (TPSA) is 20.3 Å². The van der Waals surface area contributed by atoms with Crippen molar-refractivity contribution in [3.63, 3.8) is 0 Å². The van der Waals surface area contributed by atoms with Gasteiger partial charge < -0.3 is 4.90 Å². The molecule has 1 spiro atoms. The molecule has 1 heterocycles. The van der Waals surface area contributed by atoms with Crippen LogP contribution in [0.4, 0.5) is 0 Å². The molecule has 2 fully saturated rings. The maximum Gasteiger partial charge on any atom is 0.229 e. The quantitative estimate of drug-likeness (QED) is 0.837. The molecule has 4 rings (SSSR count). The molecule has 1 amide bonds. The smallest absolute Gasteiger partial charge is 0.229 e. The minimum atomic E-state index is -0.115. The molecule has 1 saturated carbocycles. The molecule has 0 N–H and O–H groups in total. The minimum Gasteiger partial charge on any atom is -0.338 e. The highest BCUT2D eigenvalue weighted by atomic mass is 16.2. The monoisotopic (exact) mass is 291 g/mol. The third kappa shape index (κ3) is 2.06. The summed E-state index contributed by atoms with van der Waals surface area (Å²) < 4.78 is 0. The lowest BCUT2D eigenvalue weighted by Crippen LogP contribution is -2.45. The van der Waals surface area contributed by atoms with Crippen LogP contribution >= 0.6 is 0 Å². The van der Waals surface area contributed by atoms with Crippen molar-refractivity contribution in [2.45, 2.75) is 31.7 Å². The predicted molar refractivity (Wildman–Crippen MR) is 87.3 cm³/mol. The second-order valence-corrected chi connectivity index (χ2v) is 6.62. The number of carbonyl (C=O) groups is 1. The Morgan fingerprint density at radius 3 is 2.27 bits per heavy atom. The van der Waals surface area contributed by atoms with Gasteiger partial charge in [0.1, 0.15) is 0 Å². The number of nitrogens with zero attached hydrogens (tertiary/aromatic N) is 1. The largest absolute Gasteiger partial charge is 0.338 e. The van der Waals surface area contributed by atoms with Gasteiger partial charge in [0, 0.05) is 13.1 Å². The van der Waals surface area contributed by atoms with E-state index in [1.165, 1.54) is 11.1 Å². The van der Waals surface area contributed by atoms with Gasteiger partial charge in [-0.05, 0) is 36.3 Å². The lowest BCUT2D eigenvalue weighted by Gasteiger charge is -2.45. The minimum absolute atomic E-state index is 0.115. The predicted octanol–water partition coefficient (Wildman–Crippen LogP) is 3.98. The first kappa shape index (κ1) is 13.6. The molecule has 2 aromatic rings. The molecule has 1 saturated heterocycles. The Kier molecular flexibility index (Phi) is 3.25. The Hall–Kier alpha value is -2.09. The van der Waals surface area contributed by atoms with Crippen molar-refractivity contribution in [3.05, 3.63) is 71.8 Å². The fourth-order valence-electron chi connectivity index (χ4n) is 4.18.